The quantitative estimate of drug-likeness (QED) is 0.116. The predicted octanol–water partition coefficient (Wildman–Crippen LogP) is 8.55. The molecule has 5 nitrogen and oxygen atoms in total. The number of hydrogen-bond acceptors (Lipinski definition) is 5. The number of hydrogen-bond donors (Lipinski definition) is 0. The second kappa shape index (κ2) is 11.6. The van der Waals surface area contributed by atoms with E-state index in [1.807, 2.05) is 6.07 Å². The zero-order valence-electron chi connectivity index (χ0n) is 20.0. The van der Waals surface area contributed by atoms with Gasteiger partial charge in [-0.25, -0.2) is 4.79 Å². The number of ether oxygens (including phenoxy) is 2. The first-order valence-electron chi connectivity index (χ1n) is 11.6. The summed E-state index contributed by atoms with van der Waals surface area (Å²) in [5.74, 6) is 7.29. The highest BCUT2D eigenvalue weighted by Gasteiger charge is 2.33. The number of nitrogens with zero attached hydrogens (tertiary/aromatic N) is 1. The van der Waals surface area contributed by atoms with E-state index in [9.17, 15) is 4.79 Å². The minimum Gasteiger partial charge on any atom is -0.489 e. The number of benzene rings is 3. The fraction of sp³-hybridized carbons (Fsp3) is 0.172. The molecule has 0 bridgehead atoms. The molecule has 0 unspecified atom stereocenters. The van der Waals surface area contributed by atoms with Gasteiger partial charge in [0.25, 0.3) is 0 Å². The summed E-state index contributed by atoms with van der Waals surface area (Å²) in [7, 11) is 1.34. The summed E-state index contributed by atoms with van der Waals surface area (Å²) >= 11 is 21.6. The SMILES string of the molecule is COC(=O)c1cc(I)ccc1C#Cc1ccc(OCc2c(-c3c(Cl)cccc3Cl)noc2C2CC2)cc1Cl. The zero-order chi connectivity index (χ0) is 26.8. The summed E-state index contributed by atoms with van der Waals surface area (Å²) in [6.07, 6.45) is 2.07. The summed E-state index contributed by atoms with van der Waals surface area (Å²) in [6, 6.07) is 16.0. The Morgan fingerprint density at radius 3 is 2.42 bits per heavy atom. The molecule has 1 fully saturated rings. The van der Waals surface area contributed by atoms with E-state index in [2.05, 4.69) is 39.6 Å². The van der Waals surface area contributed by atoms with Crippen molar-refractivity contribution >= 4 is 63.4 Å². The van der Waals surface area contributed by atoms with Crippen molar-refractivity contribution in [1.29, 1.82) is 0 Å². The maximum absolute atomic E-state index is 12.1. The van der Waals surface area contributed by atoms with Crippen LogP contribution >= 0.6 is 57.4 Å². The molecule has 38 heavy (non-hydrogen) atoms. The molecule has 1 saturated carbocycles. The molecule has 1 aromatic heterocycles. The van der Waals surface area contributed by atoms with Crippen LogP contribution in [0.1, 0.15) is 51.6 Å². The Morgan fingerprint density at radius 1 is 1.03 bits per heavy atom. The van der Waals surface area contributed by atoms with Gasteiger partial charge in [0, 0.05) is 32.2 Å². The van der Waals surface area contributed by atoms with Crippen LogP contribution < -0.4 is 4.74 Å². The number of rotatable bonds is 6. The Hall–Kier alpha value is -2.70. The Kier molecular flexibility index (Phi) is 8.20. The molecule has 5 rings (SSSR count). The molecular formula is C29H19Cl3INO4. The second-order valence-electron chi connectivity index (χ2n) is 8.61. The Balaban J connectivity index is 1.39. The van der Waals surface area contributed by atoms with Crippen LogP contribution in [-0.2, 0) is 11.3 Å². The number of carbonyl (C=O) groups is 1. The van der Waals surface area contributed by atoms with Gasteiger partial charge < -0.3 is 14.0 Å². The molecule has 0 atom stereocenters. The third kappa shape index (κ3) is 5.81. The average molecular weight is 679 g/mol. The van der Waals surface area contributed by atoms with E-state index in [4.69, 9.17) is 48.8 Å². The highest BCUT2D eigenvalue weighted by molar-refractivity contribution is 14.1. The van der Waals surface area contributed by atoms with Gasteiger partial charge >= 0.3 is 5.97 Å². The molecule has 3 aromatic carbocycles. The summed E-state index contributed by atoms with van der Waals surface area (Å²) in [5.41, 5.74) is 3.57. The number of methoxy groups -OCH3 is 1. The van der Waals surface area contributed by atoms with Crippen molar-refractivity contribution in [2.24, 2.45) is 0 Å². The Morgan fingerprint density at radius 2 is 1.74 bits per heavy atom. The van der Waals surface area contributed by atoms with E-state index in [0.29, 0.717) is 54.7 Å². The fourth-order valence-electron chi connectivity index (χ4n) is 3.93. The topological polar surface area (TPSA) is 61.6 Å². The normalized spacial score (nSPS) is 12.6. The lowest BCUT2D eigenvalue weighted by atomic mass is 10.0. The molecule has 0 N–H and O–H groups in total. The minimum atomic E-state index is -0.445. The predicted molar refractivity (Wildman–Crippen MR) is 156 cm³/mol. The van der Waals surface area contributed by atoms with E-state index in [-0.39, 0.29) is 6.61 Å². The van der Waals surface area contributed by atoms with Crippen molar-refractivity contribution in [3.05, 3.63) is 101 Å². The number of esters is 1. The van der Waals surface area contributed by atoms with Crippen LogP contribution in [0.2, 0.25) is 15.1 Å². The van der Waals surface area contributed by atoms with Crippen LogP contribution in [0, 0.1) is 15.4 Å². The molecule has 9 heteroatoms. The van der Waals surface area contributed by atoms with Crippen molar-refractivity contribution in [3.8, 4) is 28.8 Å². The van der Waals surface area contributed by atoms with E-state index >= 15 is 0 Å². The molecule has 0 amide bonds. The summed E-state index contributed by atoms with van der Waals surface area (Å²) in [4.78, 5) is 12.1. The first-order chi connectivity index (χ1) is 18.4. The van der Waals surface area contributed by atoms with Crippen molar-refractivity contribution in [3.63, 3.8) is 0 Å². The van der Waals surface area contributed by atoms with Gasteiger partial charge in [-0.1, -0.05) is 57.9 Å². The average Bonchev–Trinajstić information content (AvgIpc) is 3.67. The smallest absolute Gasteiger partial charge is 0.339 e. The minimum absolute atomic E-state index is 0.207. The van der Waals surface area contributed by atoms with Gasteiger partial charge in [-0.2, -0.15) is 0 Å². The Bertz CT molecular complexity index is 1580. The van der Waals surface area contributed by atoms with Crippen LogP contribution in [0.4, 0.5) is 0 Å². The lowest BCUT2D eigenvalue weighted by Gasteiger charge is -2.10. The molecule has 1 aliphatic carbocycles. The molecule has 1 heterocycles. The van der Waals surface area contributed by atoms with E-state index < -0.39 is 5.97 Å². The van der Waals surface area contributed by atoms with Crippen molar-refractivity contribution in [2.75, 3.05) is 7.11 Å². The molecule has 0 saturated heterocycles. The third-order valence-corrected chi connectivity index (χ3v) is 7.62. The summed E-state index contributed by atoms with van der Waals surface area (Å²) in [5, 5.41) is 5.69. The largest absolute Gasteiger partial charge is 0.489 e. The van der Waals surface area contributed by atoms with Gasteiger partial charge in [0.05, 0.1) is 33.3 Å². The van der Waals surface area contributed by atoms with Crippen molar-refractivity contribution < 1.29 is 18.8 Å². The standard InChI is InChI=1S/C29H19Cl3INO4/c1-36-29(35)21-13-19(33)11-9-16(21)5-6-17-10-12-20(14-25(17)32)37-15-22-27(34-38-28(22)18-7-8-18)26-23(30)3-2-4-24(26)31/h2-4,9-14,18H,7-8,15H2,1H3. The lowest BCUT2D eigenvalue weighted by molar-refractivity contribution is 0.0600. The first kappa shape index (κ1) is 26.9. The molecule has 4 aromatic rings. The van der Waals surface area contributed by atoms with E-state index in [0.717, 1.165) is 27.7 Å². The monoisotopic (exact) mass is 677 g/mol. The van der Waals surface area contributed by atoms with E-state index in [1.54, 1.807) is 48.5 Å². The number of aromatic nitrogens is 1. The van der Waals surface area contributed by atoms with Crippen LogP contribution in [0.15, 0.2) is 59.1 Å². The van der Waals surface area contributed by atoms with Crippen molar-refractivity contribution in [1.82, 2.24) is 5.16 Å². The summed E-state index contributed by atoms with van der Waals surface area (Å²) < 4.78 is 17.6. The van der Waals surface area contributed by atoms with Gasteiger partial charge in [-0.3, -0.25) is 0 Å². The molecular weight excluding hydrogens is 660 g/mol. The highest BCUT2D eigenvalue weighted by atomic mass is 127. The number of halogens is 4. The molecule has 192 valence electrons. The van der Waals surface area contributed by atoms with Crippen molar-refractivity contribution in [2.45, 2.75) is 25.4 Å². The van der Waals surface area contributed by atoms with Crippen LogP contribution in [0.3, 0.4) is 0 Å². The fourth-order valence-corrected chi connectivity index (χ4v) is 5.22. The first-order valence-corrected chi connectivity index (χ1v) is 13.8. The maximum atomic E-state index is 12.1. The van der Waals surface area contributed by atoms with Gasteiger partial charge in [-0.05, 0) is 77.9 Å². The second-order valence-corrected chi connectivity index (χ2v) is 11.1. The van der Waals surface area contributed by atoms with Crippen LogP contribution in [0.5, 0.6) is 5.75 Å². The third-order valence-electron chi connectivity index (χ3n) is 6.01. The highest BCUT2D eigenvalue weighted by Crippen LogP contribution is 2.46. The Labute approximate surface area is 248 Å². The van der Waals surface area contributed by atoms with E-state index in [1.165, 1.54) is 7.11 Å². The summed E-state index contributed by atoms with van der Waals surface area (Å²) in [6.45, 7) is 0.207. The molecule has 0 spiro atoms. The van der Waals surface area contributed by atoms with Crippen LogP contribution in [-0.4, -0.2) is 18.2 Å². The van der Waals surface area contributed by atoms with Gasteiger partial charge in [-0.15, -0.1) is 0 Å². The van der Waals surface area contributed by atoms with Gasteiger partial charge in [0.2, 0.25) is 0 Å². The molecule has 0 radical (unpaired) electrons. The molecule has 0 aliphatic heterocycles. The maximum Gasteiger partial charge on any atom is 0.339 e. The molecule has 1 aliphatic rings. The number of carbonyl (C=O) groups excluding carboxylic acids is 1. The van der Waals surface area contributed by atoms with Gasteiger partial charge in [0.1, 0.15) is 23.8 Å². The zero-order valence-corrected chi connectivity index (χ0v) is 24.4. The van der Waals surface area contributed by atoms with Crippen LogP contribution in [0.25, 0.3) is 11.3 Å². The lowest BCUT2D eigenvalue weighted by Crippen LogP contribution is -2.04. The van der Waals surface area contributed by atoms with Gasteiger partial charge in [0.15, 0.2) is 0 Å².